The fourth-order valence-electron chi connectivity index (χ4n) is 2.67. The SMILES string of the molecule is O=C(C=Cc1cccc(S(=O)(=O)N2CCc3ccccc32)c1)NO. The van der Waals surface area contributed by atoms with Gasteiger partial charge in [0.05, 0.1) is 10.6 Å². The van der Waals surface area contributed by atoms with E-state index >= 15 is 0 Å². The number of nitrogens with one attached hydrogen (secondary N) is 1. The van der Waals surface area contributed by atoms with Crippen LogP contribution in [-0.4, -0.2) is 26.1 Å². The van der Waals surface area contributed by atoms with Crippen LogP contribution in [0.1, 0.15) is 11.1 Å². The number of carbonyl (C=O) groups excluding carboxylic acids is 1. The third-order valence-electron chi connectivity index (χ3n) is 3.83. The summed E-state index contributed by atoms with van der Waals surface area (Å²) in [5, 5.41) is 8.48. The van der Waals surface area contributed by atoms with Crippen molar-refractivity contribution in [2.45, 2.75) is 11.3 Å². The van der Waals surface area contributed by atoms with Crippen molar-refractivity contribution < 1.29 is 18.4 Å². The second-order valence-electron chi connectivity index (χ2n) is 5.34. The van der Waals surface area contributed by atoms with Gasteiger partial charge in [-0.05, 0) is 41.8 Å². The zero-order valence-electron chi connectivity index (χ0n) is 12.7. The summed E-state index contributed by atoms with van der Waals surface area (Å²) in [7, 11) is -3.67. The molecule has 2 aromatic rings. The molecule has 6 nitrogen and oxygen atoms in total. The minimum Gasteiger partial charge on any atom is -0.288 e. The van der Waals surface area contributed by atoms with Gasteiger partial charge in [0, 0.05) is 12.6 Å². The number of hydrogen-bond donors (Lipinski definition) is 2. The molecule has 0 radical (unpaired) electrons. The lowest BCUT2D eigenvalue weighted by molar-refractivity contribution is -0.124. The predicted molar refractivity (Wildman–Crippen MR) is 90.1 cm³/mol. The number of amides is 1. The molecule has 1 aliphatic rings. The number of carbonyl (C=O) groups is 1. The van der Waals surface area contributed by atoms with Crippen LogP contribution in [-0.2, 0) is 21.2 Å². The van der Waals surface area contributed by atoms with Crippen molar-refractivity contribution in [1.29, 1.82) is 0 Å². The van der Waals surface area contributed by atoms with Crippen molar-refractivity contribution in [3.63, 3.8) is 0 Å². The van der Waals surface area contributed by atoms with E-state index < -0.39 is 15.9 Å². The van der Waals surface area contributed by atoms with Crippen molar-refractivity contribution in [3.8, 4) is 0 Å². The summed E-state index contributed by atoms with van der Waals surface area (Å²) in [5.74, 6) is -0.684. The quantitative estimate of drug-likeness (QED) is 0.504. The summed E-state index contributed by atoms with van der Waals surface area (Å²) in [6, 6.07) is 13.8. The van der Waals surface area contributed by atoms with Crippen LogP contribution >= 0.6 is 0 Å². The Balaban J connectivity index is 1.94. The van der Waals surface area contributed by atoms with Crippen LogP contribution < -0.4 is 9.79 Å². The number of fused-ring (bicyclic) bond motifs is 1. The molecule has 0 spiro atoms. The summed E-state index contributed by atoms with van der Waals surface area (Å²) >= 11 is 0. The molecule has 1 aliphatic heterocycles. The molecule has 3 rings (SSSR count). The molecule has 0 fully saturated rings. The lowest BCUT2D eigenvalue weighted by Crippen LogP contribution is -2.29. The lowest BCUT2D eigenvalue weighted by Gasteiger charge is -2.19. The summed E-state index contributed by atoms with van der Waals surface area (Å²) in [6.45, 7) is 0.411. The molecule has 0 bridgehead atoms. The molecule has 0 aromatic heterocycles. The van der Waals surface area contributed by atoms with Gasteiger partial charge in [-0.15, -0.1) is 0 Å². The van der Waals surface area contributed by atoms with Gasteiger partial charge in [0.15, 0.2) is 0 Å². The Hall–Kier alpha value is -2.64. The Bertz CT molecular complexity index is 906. The maximum atomic E-state index is 12.9. The van der Waals surface area contributed by atoms with Gasteiger partial charge in [-0.1, -0.05) is 30.3 Å². The second-order valence-corrected chi connectivity index (χ2v) is 7.20. The van der Waals surface area contributed by atoms with Crippen LogP contribution in [0.2, 0.25) is 0 Å². The lowest BCUT2D eigenvalue weighted by atomic mass is 10.2. The predicted octanol–water partition coefficient (Wildman–Crippen LogP) is 1.96. The van der Waals surface area contributed by atoms with E-state index in [-0.39, 0.29) is 4.90 Å². The van der Waals surface area contributed by atoms with Crippen LogP contribution in [0.3, 0.4) is 0 Å². The first-order valence-electron chi connectivity index (χ1n) is 7.35. The maximum absolute atomic E-state index is 12.9. The molecular formula is C17H16N2O4S. The van der Waals surface area contributed by atoms with E-state index in [9.17, 15) is 13.2 Å². The zero-order valence-corrected chi connectivity index (χ0v) is 13.5. The minimum absolute atomic E-state index is 0.158. The average Bonchev–Trinajstić information content (AvgIpc) is 3.04. The van der Waals surface area contributed by atoms with Gasteiger partial charge in [-0.2, -0.15) is 0 Å². The Morgan fingerprint density at radius 1 is 1.17 bits per heavy atom. The first-order chi connectivity index (χ1) is 11.5. The third kappa shape index (κ3) is 3.04. The van der Waals surface area contributed by atoms with Crippen molar-refractivity contribution in [2.75, 3.05) is 10.8 Å². The van der Waals surface area contributed by atoms with Gasteiger partial charge < -0.3 is 0 Å². The number of rotatable bonds is 4. The van der Waals surface area contributed by atoms with E-state index in [1.165, 1.54) is 28.0 Å². The van der Waals surface area contributed by atoms with E-state index in [0.29, 0.717) is 24.2 Å². The molecule has 1 amide bonds. The van der Waals surface area contributed by atoms with Gasteiger partial charge in [-0.3, -0.25) is 14.3 Å². The molecule has 24 heavy (non-hydrogen) atoms. The first-order valence-corrected chi connectivity index (χ1v) is 8.79. The number of nitrogens with zero attached hydrogens (tertiary/aromatic N) is 1. The average molecular weight is 344 g/mol. The number of benzene rings is 2. The summed E-state index contributed by atoms with van der Waals surface area (Å²) in [6.07, 6.45) is 3.24. The molecule has 0 atom stereocenters. The Kier molecular flexibility index (Phi) is 4.37. The van der Waals surface area contributed by atoms with Gasteiger partial charge >= 0.3 is 0 Å². The largest absolute Gasteiger partial charge is 0.288 e. The minimum atomic E-state index is -3.67. The van der Waals surface area contributed by atoms with Crippen molar-refractivity contribution >= 4 is 27.7 Å². The van der Waals surface area contributed by atoms with Gasteiger partial charge in [0.2, 0.25) is 0 Å². The topological polar surface area (TPSA) is 86.7 Å². The molecular weight excluding hydrogens is 328 g/mol. The molecule has 0 aliphatic carbocycles. The van der Waals surface area contributed by atoms with Crippen LogP contribution in [0.4, 0.5) is 5.69 Å². The maximum Gasteiger partial charge on any atom is 0.267 e. The fourth-order valence-corrected chi connectivity index (χ4v) is 4.23. The van der Waals surface area contributed by atoms with Crippen LogP contribution in [0.5, 0.6) is 0 Å². The smallest absolute Gasteiger partial charge is 0.267 e. The number of anilines is 1. The van der Waals surface area contributed by atoms with Gasteiger partial charge in [-0.25, -0.2) is 13.9 Å². The Labute approximate surface area is 140 Å². The summed E-state index contributed by atoms with van der Waals surface area (Å²) in [5.41, 5.74) is 3.75. The number of hydroxylamine groups is 1. The third-order valence-corrected chi connectivity index (χ3v) is 5.64. The monoisotopic (exact) mass is 344 g/mol. The summed E-state index contributed by atoms with van der Waals surface area (Å²) < 4.78 is 27.3. The highest BCUT2D eigenvalue weighted by atomic mass is 32.2. The fraction of sp³-hybridized carbons (Fsp3) is 0.118. The van der Waals surface area contributed by atoms with Crippen LogP contribution in [0.25, 0.3) is 6.08 Å². The Morgan fingerprint density at radius 2 is 1.96 bits per heavy atom. The van der Waals surface area contributed by atoms with Crippen LogP contribution in [0.15, 0.2) is 59.5 Å². The molecule has 2 N–H and O–H groups in total. The van der Waals surface area contributed by atoms with E-state index in [1.54, 1.807) is 18.2 Å². The number of para-hydroxylation sites is 1. The highest BCUT2D eigenvalue weighted by Crippen LogP contribution is 2.32. The molecule has 0 saturated carbocycles. The van der Waals surface area contributed by atoms with Crippen molar-refractivity contribution in [1.82, 2.24) is 5.48 Å². The standard InChI is InChI=1S/C17H16N2O4S/c20-17(18-21)9-8-13-4-3-6-15(12-13)24(22,23)19-11-10-14-5-1-2-7-16(14)19/h1-9,12,21H,10-11H2,(H,18,20). The first kappa shape index (κ1) is 16.2. The second kappa shape index (κ2) is 6.46. The zero-order chi connectivity index (χ0) is 17.2. The van der Waals surface area contributed by atoms with E-state index in [1.807, 2.05) is 18.2 Å². The molecule has 124 valence electrons. The molecule has 2 aromatic carbocycles. The highest BCUT2D eigenvalue weighted by molar-refractivity contribution is 7.92. The highest BCUT2D eigenvalue weighted by Gasteiger charge is 2.30. The van der Waals surface area contributed by atoms with E-state index in [4.69, 9.17) is 5.21 Å². The molecule has 7 heteroatoms. The number of sulfonamides is 1. The Morgan fingerprint density at radius 3 is 2.75 bits per heavy atom. The molecule has 0 saturated heterocycles. The molecule has 0 unspecified atom stereocenters. The molecule has 1 heterocycles. The van der Waals surface area contributed by atoms with E-state index in [0.717, 1.165) is 11.6 Å². The summed E-state index contributed by atoms with van der Waals surface area (Å²) in [4.78, 5) is 11.2. The van der Waals surface area contributed by atoms with Gasteiger partial charge in [0.1, 0.15) is 0 Å². The van der Waals surface area contributed by atoms with Crippen LogP contribution in [0, 0.1) is 0 Å². The normalized spacial score (nSPS) is 14.0. The van der Waals surface area contributed by atoms with E-state index in [2.05, 4.69) is 0 Å². The van der Waals surface area contributed by atoms with Gasteiger partial charge in [0.25, 0.3) is 15.9 Å². The number of hydrogen-bond acceptors (Lipinski definition) is 4. The van der Waals surface area contributed by atoms with Crippen molar-refractivity contribution in [2.24, 2.45) is 0 Å². The van der Waals surface area contributed by atoms with Crippen molar-refractivity contribution in [3.05, 3.63) is 65.7 Å².